The van der Waals surface area contributed by atoms with Gasteiger partial charge < -0.3 is 14.6 Å². The normalized spacial score (nSPS) is 14.8. The predicted octanol–water partition coefficient (Wildman–Crippen LogP) is 2.74. The molecule has 5 heterocycles. The topological polar surface area (TPSA) is 101 Å². The summed E-state index contributed by atoms with van der Waals surface area (Å²) in [6, 6.07) is 8.25. The zero-order chi connectivity index (χ0) is 20.1. The van der Waals surface area contributed by atoms with Crippen LogP contribution in [0.3, 0.4) is 0 Å². The maximum atomic E-state index is 5.50. The van der Waals surface area contributed by atoms with Crippen molar-refractivity contribution in [2.75, 3.05) is 31.2 Å². The van der Waals surface area contributed by atoms with Crippen molar-refractivity contribution in [1.29, 1.82) is 0 Å². The lowest BCUT2D eigenvalue weighted by atomic mass is 10.1. The van der Waals surface area contributed by atoms with Gasteiger partial charge in [-0.15, -0.1) is 0 Å². The first kappa shape index (κ1) is 17.2. The highest BCUT2D eigenvalue weighted by molar-refractivity contribution is 5.96. The Hall–Kier alpha value is -3.72. The van der Waals surface area contributed by atoms with Crippen molar-refractivity contribution in [2.24, 2.45) is 7.05 Å². The number of H-pyrrole nitrogens is 2. The number of nitrogens with one attached hydrogen (secondary N) is 2. The number of hydrogen-bond donors (Lipinski definition) is 2. The van der Waals surface area contributed by atoms with Crippen molar-refractivity contribution < 1.29 is 4.74 Å². The van der Waals surface area contributed by atoms with E-state index in [9.17, 15) is 0 Å². The summed E-state index contributed by atoms with van der Waals surface area (Å²) < 4.78 is 7.27. The lowest BCUT2D eigenvalue weighted by Crippen LogP contribution is -2.36. The molecule has 9 heteroatoms. The molecule has 1 fully saturated rings. The summed E-state index contributed by atoms with van der Waals surface area (Å²) in [7, 11) is 1.89. The van der Waals surface area contributed by atoms with Crippen LogP contribution in [-0.4, -0.2) is 61.2 Å². The van der Waals surface area contributed by atoms with Gasteiger partial charge in [-0.2, -0.15) is 10.2 Å². The third kappa shape index (κ3) is 2.74. The molecule has 4 aromatic heterocycles. The van der Waals surface area contributed by atoms with Gasteiger partial charge in [0.1, 0.15) is 11.2 Å². The minimum atomic E-state index is 0.736. The summed E-state index contributed by atoms with van der Waals surface area (Å²) in [5.74, 6) is 0.736. The van der Waals surface area contributed by atoms with Crippen LogP contribution in [0.5, 0.6) is 0 Å². The number of pyridine rings is 1. The molecule has 2 N–H and O–H groups in total. The Bertz CT molecular complexity index is 1360. The Morgan fingerprint density at radius 2 is 2.00 bits per heavy atom. The number of aromatic nitrogens is 7. The minimum Gasteiger partial charge on any atom is -0.378 e. The summed E-state index contributed by atoms with van der Waals surface area (Å²) in [5.41, 5.74) is 6.52. The summed E-state index contributed by atoms with van der Waals surface area (Å²) in [6.07, 6.45) is 5.56. The largest absolute Gasteiger partial charge is 0.378 e. The first-order valence-corrected chi connectivity index (χ1v) is 9.91. The number of anilines is 1. The molecule has 1 aliphatic rings. The fourth-order valence-electron chi connectivity index (χ4n) is 4.00. The standard InChI is InChI=1S/C21H20N8O/c1-28-12-13(10-23-28)16-9-14-17(11-22-16)26-27-19(14)21-24-15-3-2-4-18(20(15)25-21)29-5-7-30-8-6-29/h2-4,9-12H,5-8H2,1H3,(H,24,25)(H,26,27). The van der Waals surface area contributed by atoms with Crippen LogP contribution >= 0.6 is 0 Å². The number of nitrogens with zero attached hydrogens (tertiary/aromatic N) is 6. The molecule has 0 amide bonds. The Morgan fingerprint density at radius 1 is 1.10 bits per heavy atom. The number of rotatable bonds is 3. The van der Waals surface area contributed by atoms with Crippen molar-refractivity contribution in [1.82, 2.24) is 34.9 Å². The molecule has 1 saturated heterocycles. The van der Waals surface area contributed by atoms with E-state index in [0.717, 1.165) is 76.7 Å². The molecule has 9 nitrogen and oxygen atoms in total. The lowest BCUT2D eigenvalue weighted by Gasteiger charge is -2.28. The zero-order valence-electron chi connectivity index (χ0n) is 16.5. The average molecular weight is 400 g/mol. The second-order valence-corrected chi connectivity index (χ2v) is 7.45. The van der Waals surface area contributed by atoms with Gasteiger partial charge in [-0.1, -0.05) is 6.07 Å². The van der Waals surface area contributed by atoms with E-state index in [2.05, 4.69) is 42.3 Å². The Kier molecular flexibility index (Phi) is 3.81. The van der Waals surface area contributed by atoms with E-state index in [1.807, 2.05) is 31.6 Å². The Balaban J connectivity index is 1.47. The molecule has 5 aromatic rings. The van der Waals surface area contributed by atoms with Crippen LogP contribution in [0.1, 0.15) is 0 Å². The fourth-order valence-corrected chi connectivity index (χ4v) is 4.00. The van der Waals surface area contributed by atoms with Gasteiger partial charge in [-0.05, 0) is 18.2 Å². The Labute approximate surface area is 171 Å². The van der Waals surface area contributed by atoms with E-state index >= 15 is 0 Å². The quantitative estimate of drug-likeness (QED) is 0.483. The van der Waals surface area contributed by atoms with Crippen molar-refractivity contribution in [3.8, 4) is 22.8 Å². The van der Waals surface area contributed by atoms with Gasteiger partial charge in [0.15, 0.2) is 5.82 Å². The highest BCUT2D eigenvalue weighted by Gasteiger charge is 2.19. The van der Waals surface area contributed by atoms with Gasteiger partial charge in [0, 0.05) is 37.3 Å². The summed E-state index contributed by atoms with van der Waals surface area (Å²) >= 11 is 0. The van der Waals surface area contributed by atoms with E-state index in [4.69, 9.17) is 9.72 Å². The highest BCUT2D eigenvalue weighted by atomic mass is 16.5. The van der Waals surface area contributed by atoms with Crippen molar-refractivity contribution in [3.05, 3.63) is 42.9 Å². The number of imidazole rings is 1. The number of ether oxygens (including phenoxy) is 1. The predicted molar refractivity (Wildman–Crippen MR) is 114 cm³/mol. The number of hydrogen-bond acceptors (Lipinski definition) is 6. The van der Waals surface area contributed by atoms with Crippen molar-refractivity contribution in [3.63, 3.8) is 0 Å². The molecule has 0 saturated carbocycles. The van der Waals surface area contributed by atoms with E-state index in [-0.39, 0.29) is 0 Å². The molecule has 1 aliphatic heterocycles. The van der Waals surface area contributed by atoms with Crippen LogP contribution < -0.4 is 4.90 Å². The SMILES string of the molecule is Cn1cc(-c2cc3c(-c4nc5c(N6CCOCC6)cccc5[nH]4)n[nH]c3cn2)cn1. The van der Waals surface area contributed by atoms with Gasteiger partial charge in [0.25, 0.3) is 0 Å². The number of fused-ring (bicyclic) bond motifs is 2. The summed E-state index contributed by atoms with van der Waals surface area (Å²) in [4.78, 5) is 15.2. The zero-order valence-corrected chi connectivity index (χ0v) is 16.5. The molecule has 0 bridgehead atoms. The average Bonchev–Trinajstić information content (AvgIpc) is 3.50. The molecule has 1 aromatic carbocycles. The van der Waals surface area contributed by atoms with Crippen molar-refractivity contribution in [2.45, 2.75) is 0 Å². The van der Waals surface area contributed by atoms with Gasteiger partial charge in [-0.25, -0.2) is 4.98 Å². The number of para-hydroxylation sites is 1. The second-order valence-electron chi connectivity index (χ2n) is 7.45. The maximum absolute atomic E-state index is 5.50. The molecular weight excluding hydrogens is 380 g/mol. The minimum absolute atomic E-state index is 0.736. The lowest BCUT2D eigenvalue weighted by molar-refractivity contribution is 0.123. The molecule has 30 heavy (non-hydrogen) atoms. The van der Waals surface area contributed by atoms with E-state index in [0.29, 0.717) is 0 Å². The maximum Gasteiger partial charge on any atom is 0.159 e. The highest BCUT2D eigenvalue weighted by Crippen LogP contribution is 2.32. The van der Waals surface area contributed by atoms with Gasteiger partial charge in [-0.3, -0.25) is 14.8 Å². The molecule has 0 radical (unpaired) electrons. The van der Waals surface area contributed by atoms with Gasteiger partial charge >= 0.3 is 0 Å². The summed E-state index contributed by atoms with van der Waals surface area (Å²) in [5, 5.41) is 12.8. The van der Waals surface area contributed by atoms with Crippen LogP contribution in [-0.2, 0) is 11.8 Å². The number of benzene rings is 1. The Morgan fingerprint density at radius 3 is 2.83 bits per heavy atom. The van der Waals surface area contributed by atoms with Crippen LogP contribution in [0.15, 0.2) is 42.9 Å². The number of aryl methyl sites for hydroxylation is 1. The second kappa shape index (κ2) is 6.67. The molecule has 150 valence electrons. The van der Waals surface area contributed by atoms with Gasteiger partial charge in [0.2, 0.25) is 0 Å². The first-order valence-electron chi connectivity index (χ1n) is 9.91. The van der Waals surface area contributed by atoms with E-state index < -0.39 is 0 Å². The van der Waals surface area contributed by atoms with Crippen LogP contribution in [0, 0.1) is 0 Å². The van der Waals surface area contributed by atoms with Gasteiger partial charge in [0.05, 0.1) is 48.0 Å². The molecule has 6 rings (SSSR count). The van der Waals surface area contributed by atoms with Crippen LogP contribution in [0.2, 0.25) is 0 Å². The van der Waals surface area contributed by atoms with E-state index in [1.54, 1.807) is 10.9 Å². The third-order valence-corrected chi connectivity index (χ3v) is 5.52. The molecule has 0 aliphatic carbocycles. The third-order valence-electron chi connectivity index (χ3n) is 5.52. The number of aromatic amines is 2. The monoisotopic (exact) mass is 400 g/mol. The van der Waals surface area contributed by atoms with Crippen LogP contribution in [0.4, 0.5) is 5.69 Å². The molecular formula is C21H20N8O. The summed E-state index contributed by atoms with van der Waals surface area (Å²) in [6.45, 7) is 3.21. The smallest absolute Gasteiger partial charge is 0.159 e. The first-order chi connectivity index (χ1) is 14.8. The molecule has 0 spiro atoms. The fraction of sp³-hybridized carbons (Fsp3) is 0.238. The van der Waals surface area contributed by atoms with Crippen LogP contribution in [0.25, 0.3) is 44.7 Å². The van der Waals surface area contributed by atoms with E-state index in [1.165, 1.54) is 0 Å². The number of morpholine rings is 1. The molecule has 0 atom stereocenters. The van der Waals surface area contributed by atoms with Crippen molar-refractivity contribution >= 4 is 27.6 Å². The molecule has 0 unspecified atom stereocenters.